The van der Waals surface area contributed by atoms with E-state index in [0.717, 1.165) is 11.3 Å². The maximum Gasteiger partial charge on any atom is 0.351 e. The molecule has 0 aliphatic carbocycles. The van der Waals surface area contributed by atoms with Crippen molar-refractivity contribution >= 4 is 28.9 Å². The summed E-state index contributed by atoms with van der Waals surface area (Å²) in [4.78, 5) is 37.9. The molecular weight excluding hydrogens is 324 g/mol. The molecule has 1 aromatic carbocycles. The molecule has 0 spiro atoms. The molecule has 2 rings (SSSR count). The Kier molecular flexibility index (Phi) is 5.02. The van der Waals surface area contributed by atoms with Crippen LogP contribution in [-0.2, 0) is 4.74 Å². The Morgan fingerprint density at radius 2 is 2.09 bits per heavy atom. The van der Waals surface area contributed by atoms with Crippen LogP contribution in [0.1, 0.15) is 32.7 Å². The van der Waals surface area contributed by atoms with Crippen molar-refractivity contribution < 1.29 is 23.7 Å². The van der Waals surface area contributed by atoms with Crippen LogP contribution in [0.15, 0.2) is 33.7 Å². The highest BCUT2D eigenvalue weighted by Gasteiger charge is 2.20. The number of benzene rings is 1. The van der Waals surface area contributed by atoms with E-state index in [1.54, 1.807) is 6.92 Å². The lowest BCUT2D eigenvalue weighted by atomic mass is 10.2. The zero-order valence-corrected chi connectivity index (χ0v) is 13.1. The van der Waals surface area contributed by atoms with Gasteiger partial charge < -0.3 is 9.15 Å². The van der Waals surface area contributed by atoms with Gasteiger partial charge in [0.05, 0.1) is 11.5 Å². The molecule has 0 fully saturated rings. The summed E-state index contributed by atoms with van der Waals surface area (Å²) >= 11 is 0.846. The quantitative estimate of drug-likeness (QED) is 0.481. The molecule has 1 heterocycles. The Hall–Kier alpha value is -2.81. The summed E-state index contributed by atoms with van der Waals surface area (Å²) in [6.45, 7) is 3.41. The number of rotatable bonds is 4. The number of hydrogen-bond donors (Lipinski definition) is 0. The summed E-state index contributed by atoms with van der Waals surface area (Å²) in [5.74, 6) is -1.13. The highest BCUT2D eigenvalue weighted by molar-refractivity contribution is 7.11. The largest absolute Gasteiger partial charge is 0.462 e. The molecule has 0 saturated heterocycles. The molecule has 23 heavy (non-hydrogen) atoms. The molecule has 0 radical (unpaired) electrons. The van der Waals surface area contributed by atoms with E-state index in [1.165, 1.54) is 31.2 Å². The molecular formula is C14H12N2O6S. The maximum absolute atomic E-state index is 12.1. The van der Waals surface area contributed by atoms with E-state index in [4.69, 9.17) is 9.15 Å². The standard InChI is InChI=1S/C14H12N2O6S/c1-3-21-13(18)11-8(2)22-14(23-11)15-12(17)9-6-4-5-7-10(9)16(19)20/h4-7H,3H2,1-2H3. The van der Waals surface area contributed by atoms with Gasteiger partial charge in [0.2, 0.25) is 0 Å². The number of amides is 1. The van der Waals surface area contributed by atoms with Crippen LogP contribution in [0.2, 0.25) is 0 Å². The first-order valence-electron chi connectivity index (χ1n) is 6.54. The molecule has 8 nitrogen and oxygen atoms in total. The Bertz CT molecular complexity index is 836. The Balaban J connectivity index is 2.40. The van der Waals surface area contributed by atoms with Gasteiger partial charge in [-0.15, -0.1) is 0 Å². The third-order valence-electron chi connectivity index (χ3n) is 2.73. The van der Waals surface area contributed by atoms with E-state index in [0.29, 0.717) is 0 Å². The number of nitro benzene ring substituents is 1. The average Bonchev–Trinajstić information content (AvgIpc) is 2.88. The number of carbonyl (C=O) groups is 2. The minimum atomic E-state index is -0.822. The number of hydrogen-bond acceptors (Lipinski definition) is 7. The van der Waals surface area contributed by atoms with Crippen molar-refractivity contribution in [1.82, 2.24) is 0 Å². The molecule has 0 unspecified atom stereocenters. The zero-order valence-electron chi connectivity index (χ0n) is 12.3. The van der Waals surface area contributed by atoms with Crippen molar-refractivity contribution in [1.29, 1.82) is 0 Å². The summed E-state index contributed by atoms with van der Waals surface area (Å²) in [7, 11) is 0. The molecule has 1 aromatic heterocycles. The van der Waals surface area contributed by atoms with Gasteiger partial charge in [-0.2, -0.15) is 4.99 Å². The van der Waals surface area contributed by atoms with Crippen molar-refractivity contribution in [3.63, 3.8) is 0 Å². The van der Waals surface area contributed by atoms with Crippen molar-refractivity contribution in [2.24, 2.45) is 4.99 Å². The Morgan fingerprint density at radius 1 is 1.39 bits per heavy atom. The van der Waals surface area contributed by atoms with E-state index < -0.39 is 16.8 Å². The molecule has 0 aliphatic heterocycles. The monoisotopic (exact) mass is 336 g/mol. The number of carbonyl (C=O) groups excluding carboxylic acids is 2. The van der Waals surface area contributed by atoms with E-state index in [1.807, 2.05) is 0 Å². The van der Waals surface area contributed by atoms with Gasteiger partial charge in [0.1, 0.15) is 11.3 Å². The van der Waals surface area contributed by atoms with Gasteiger partial charge in [-0.05, 0) is 19.9 Å². The molecule has 0 saturated carbocycles. The summed E-state index contributed by atoms with van der Waals surface area (Å²) in [6.07, 6.45) is 0. The van der Waals surface area contributed by atoms with Crippen molar-refractivity contribution in [3.8, 4) is 0 Å². The van der Waals surface area contributed by atoms with E-state index in [-0.39, 0.29) is 33.4 Å². The summed E-state index contributed by atoms with van der Waals surface area (Å²) in [5, 5.41) is 10.9. The number of esters is 1. The van der Waals surface area contributed by atoms with E-state index >= 15 is 0 Å². The molecule has 0 N–H and O–H groups in total. The van der Waals surface area contributed by atoms with Crippen LogP contribution in [0.25, 0.3) is 0 Å². The molecule has 0 atom stereocenters. The van der Waals surface area contributed by atoms with Crippen LogP contribution in [0.3, 0.4) is 0 Å². The lowest BCUT2D eigenvalue weighted by Crippen LogP contribution is -2.05. The minimum Gasteiger partial charge on any atom is -0.462 e. The van der Waals surface area contributed by atoms with Crippen LogP contribution in [-0.4, -0.2) is 23.4 Å². The molecule has 1 amide bonds. The average molecular weight is 336 g/mol. The maximum atomic E-state index is 12.1. The molecule has 0 bridgehead atoms. The number of para-hydroxylation sites is 1. The second-order valence-electron chi connectivity index (χ2n) is 4.27. The van der Waals surface area contributed by atoms with Crippen LogP contribution in [0, 0.1) is 17.0 Å². The Labute approximate surface area is 134 Å². The minimum absolute atomic E-state index is 0.0753. The van der Waals surface area contributed by atoms with Crippen LogP contribution in [0.4, 0.5) is 5.69 Å². The second-order valence-corrected chi connectivity index (χ2v) is 5.23. The summed E-state index contributed by atoms with van der Waals surface area (Å²) in [5.41, 5.74) is -0.503. The SMILES string of the molecule is CCOC(=O)c1sc(=NC(=O)c2ccccc2[N+](=O)[O-])oc1C. The normalized spacial score (nSPS) is 11.3. The van der Waals surface area contributed by atoms with Crippen LogP contribution >= 0.6 is 11.3 Å². The second kappa shape index (κ2) is 6.97. The number of nitrogens with zero attached hydrogens (tertiary/aromatic N) is 2. The molecule has 9 heteroatoms. The first-order valence-corrected chi connectivity index (χ1v) is 7.35. The predicted octanol–water partition coefficient (Wildman–Crippen LogP) is 2.48. The lowest BCUT2D eigenvalue weighted by Gasteiger charge is -1.96. The van der Waals surface area contributed by atoms with Gasteiger partial charge in [-0.25, -0.2) is 4.79 Å². The van der Waals surface area contributed by atoms with E-state index in [9.17, 15) is 19.7 Å². The first kappa shape index (κ1) is 16.6. The van der Waals surface area contributed by atoms with Crippen molar-refractivity contribution in [3.05, 3.63) is 55.4 Å². The first-order chi connectivity index (χ1) is 10.9. The highest BCUT2D eigenvalue weighted by Crippen LogP contribution is 2.19. The highest BCUT2D eigenvalue weighted by atomic mass is 32.1. The number of ether oxygens (including phenoxy) is 1. The van der Waals surface area contributed by atoms with Gasteiger partial charge in [-0.3, -0.25) is 14.9 Å². The van der Waals surface area contributed by atoms with Crippen molar-refractivity contribution in [2.45, 2.75) is 13.8 Å². The van der Waals surface area contributed by atoms with E-state index in [2.05, 4.69) is 4.99 Å². The van der Waals surface area contributed by atoms with Crippen LogP contribution in [0.5, 0.6) is 0 Å². The smallest absolute Gasteiger partial charge is 0.351 e. The third kappa shape index (κ3) is 3.69. The third-order valence-corrected chi connectivity index (χ3v) is 3.74. The topological polar surface area (TPSA) is 112 Å². The lowest BCUT2D eigenvalue weighted by molar-refractivity contribution is -0.385. The van der Waals surface area contributed by atoms with Crippen LogP contribution < -0.4 is 4.87 Å². The van der Waals surface area contributed by atoms with Crippen molar-refractivity contribution in [2.75, 3.05) is 6.61 Å². The number of aryl methyl sites for hydroxylation is 1. The molecule has 120 valence electrons. The van der Waals surface area contributed by atoms with Gasteiger partial charge in [-0.1, -0.05) is 23.5 Å². The summed E-state index contributed by atoms with van der Waals surface area (Å²) < 4.78 is 10.1. The predicted molar refractivity (Wildman–Crippen MR) is 80.3 cm³/mol. The zero-order chi connectivity index (χ0) is 17.0. The fraction of sp³-hybridized carbons (Fsp3) is 0.214. The number of nitro groups is 1. The fourth-order valence-electron chi connectivity index (χ4n) is 1.74. The van der Waals surface area contributed by atoms with Gasteiger partial charge in [0, 0.05) is 6.07 Å². The van der Waals surface area contributed by atoms with Gasteiger partial charge in [0.25, 0.3) is 16.5 Å². The Morgan fingerprint density at radius 3 is 2.74 bits per heavy atom. The molecule has 0 aliphatic rings. The summed E-state index contributed by atoms with van der Waals surface area (Å²) in [6, 6.07) is 5.46. The van der Waals surface area contributed by atoms with Gasteiger partial charge >= 0.3 is 5.97 Å². The van der Waals surface area contributed by atoms with Gasteiger partial charge in [0.15, 0.2) is 4.88 Å². The molecule has 2 aromatic rings. The fourth-order valence-corrected chi connectivity index (χ4v) is 2.54.